The molecule has 3 rings (SSSR count). The zero-order valence-corrected chi connectivity index (χ0v) is 15.7. The number of anilines is 1. The normalized spacial score (nSPS) is 11.3. The fourth-order valence-electron chi connectivity index (χ4n) is 2.44. The number of nitriles is 1. The second-order valence-corrected chi connectivity index (χ2v) is 6.85. The number of phenolic OH excluding ortho intramolecular Hbond substituents is 1. The van der Waals surface area contributed by atoms with E-state index in [1.165, 1.54) is 18.3 Å². The second-order valence-electron chi connectivity index (χ2n) is 5.94. The van der Waals surface area contributed by atoms with Crippen LogP contribution >= 0.6 is 11.3 Å². The van der Waals surface area contributed by atoms with Gasteiger partial charge in [0.15, 0.2) is 6.10 Å². The monoisotopic (exact) mass is 392 g/mol. The summed E-state index contributed by atoms with van der Waals surface area (Å²) in [5.74, 6) is -0.944. The van der Waals surface area contributed by atoms with Crippen LogP contribution in [-0.2, 0) is 9.53 Å². The van der Waals surface area contributed by atoms with Crippen molar-refractivity contribution in [1.29, 1.82) is 5.26 Å². The maximum Gasteiger partial charge on any atom is 0.338 e. The molecule has 1 heterocycles. The predicted octanol–water partition coefficient (Wildman–Crippen LogP) is 4.18. The molecule has 7 heteroatoms. The van der Waals surface area contributed by atoms with E-state index in [1.807, 2.05) is 6.07 Å². The highest BCUT2D eigenvalue weighted by atomic mass is 32.1. The maximum atomic E-state index is 12.3. The number of nitrogens with zero attached hydrogens (tertiary/aromatic N) is 1. The number of hydrogen-bond donors (Lipinski definition) is 2. The van der Waals surface area contributed by atoms with E-state index in [2.05, 4.69) is 5.32 Å². The first-order chi connectivity index (χ1) is 13.5. The van der Waals surface area contributed by atoms with Gasteiger partial charge in [0, 0.05) is 0 Å². The predicted molar refractivity (Wildman–Crippen MR) is 106 cm³/mol. The van der Waals surface area contributed by atoms with Gasteiger partial charge in [-0.25, -0.2) is 4.79 Å². The van der Waals surface area contributed by atoms with Crippen LogP contribution in [0.4, 0.5) is 5.00 Å². The zero-order chi connectivity index (χ0) is 20.1. The average molecular weight is 392 g/mol. The Morgan fingerprint density at radius 1 is 1.07 bits per heavy atom. The average Bonchev–Trinajstić information content (AvgIpc) is 3.15. The number of phenols is 1. The van der Waals surface area contributed by atoms with E-state index >= 15 is 0 Å². The summed E-state index contributed by atoms with van der Waals surface area (Å²) < 4.78 is 5.22. The lowest BCUT2D eigenvalue weighted by Crippen LogP contribution is -2.29. The highest BCUT2D eigenvalue weighted by Crippen LogP contribution is 2.24. The first-order valence-electron chi connectivity index (χ1n) is 8.37. The minimum atomic E-state index is -1.02. The van der Waals surface area contributed by atoms with Crippen molar-refractivity contribution in [2.75, 3.05) is 5.32 Å². The van der Waals surface area contributed by atoms with Crippen molar-refractivity contribution in [3.8, 4) is 22.9 Å². The largest absolute Gasteiger partial charge is 0.508 e. The molecule has 0 bridgehead atoms. The van der Waals surface area contributed by atoms with Crippen molar-refractivity contribution >= 4 is 28.2 Å². The minimum Gasteiger partial charge on any atom is -0.508 e. The Morgan fingerprint density at radius 3 is 2.29 bits per heavy atom. The number of aromatic hydroxyl groups is 1. The van der Waals surface area contributed by atoms with Crippen molar-refractivity contribution in [3.05, 3.63) is 71.1 Å². The molecule has 28 heavy (non-hydrogen) atoms. The molecule has 6 nitrogen and oxygen atoms in total. The van der Waals surface area contributed by atoms with Crippen molar-refractivity contribution in [2.45, 2.75) is 13.0 Å². The highest BCUT2D eigenvalue weighted by molar-refractivity contribution is 7.14. The molecule has 0 saturated carbocycles. The van der Waals surface area contributed by atoms with Crippen LogP contribution in [0.15, 0.2) is 60.0 Å². The standard InChI is InChI=1S/C21H16N2O4S/c1-13(19(25)23-20-17(12-22)10-11-28-20)27-21(26)16-4-2-14(3-5-16)15-6-8-18(24)9-7-15/h2-11,13,24H,1H3,(H,23,25)/t13-/m1/s1. The fraction of sp³-hybridized carbons (Fsp3) is 0.0952. The number of ether oxygens (including phenoxy) is 1. The Hall–Kier alpha value is -3.63. The van der Waals surface area contributed by atoms with Crippen LogP contribution in [0.25, 0.3) is 11.1 Å². The summed E-state index contributed by atoms with van der Waals surface area (Å²) in [4.78, 5) is 24.5. The summed E-state index contributed by atoms with van der Waals surface area (Å²) >= 11 is 1.22. The van der Waals surface area contributed by atoms with Crippen molar-refractivity contribution in [2.24, 2.45) is 0 Å². The topological polar surface area (TPSA) is 99.4 Å². The van der Waals surface area contributed by atoms with Crippen LogP contribution in [0.5, 0.6) is 5.75 Å². The summed E-state index contributed by atoms with van der Waals surface area (Å²) in [6.07, 6.45) is -1.02. The molecule has 0 saturated heterocycles. The number of amides is 1. The Balaban J connectivity index is 1.63. The SMILES string of the molecule is C[C@@H](OC(=O)c1ccc(-c2ccc(O)cc2)cc1)C(=O)Nc1sccc1C#N. The van der Waals surface area contributed by atoms with Crippen LogP contribution < -0.4 is 5.32 Å². The molecule has 0 aliphatic heterocycles. The van der Waals surface area contributed by atoms with E-state index in [9.17, 15) is 14.7 Å². The van der Waals surface area contributed by atoms with Gasteiger partial charge in [-0.1, -0.05) is 24.3 Å². The summed E-state index contributed by atoms with van der Waals surface area (Å²) in [6, 6.07) is 17.1. The highest BCUT2D eigenvalue weighted by Gasteiger charge is 2.20. The van der Waals surface area contributed by atoms with E-state index < -0.39 is 18.0 Å². The van der Waals surface area contributed by atoms with Gasteiger partial charge in [-0.15, -0.1) is 11.3 Å². The molecule has 1 atom stereocenters. The molecule has 0 spiro atoms. The van der Waals surface area contributed by atoms with Gasteiger partial charge in [0.25, 0.3) is 5.91 Å². The zero-order valence-electron chi connectivity index (χ0n) is 14.9. The van der Waals surface area contributed by atoms with Crippen LogP contribution in [0.1, 0.15) is 22.8 Å². The Morgan fingerprint density at radius 2 is 1.68 bits per heavy atom. The summed E-state index contributed by atoms with van der Waals surface area (Å²) in [5, 5.41) is 23.0. The quantitative estimate of drug-likeness (QED) is 0.635. The Kier molecular flexibility index (Phi) is 5.72. The minimum absolute atomic E-state index is 0.181. The molecule has 0 aliphatic carbocycles. The molecule has 2 N–H and O–H groups in total. The molecule has 0 fully saturated rings. The molecular formula is C21H16N2O4S. The molecular weight excluding hydrogens is 376 g/mol. The molecule has 0 aliphatic rings. The maximum absolute atomic E-state index is 12.3. The van der Waals surface area contributed by atoms with E-state index in [4.69, 9.17) is 10.00 Å². The van der Waals surface area contributed by atoms with Gasteiger partial charge in [-0.2, -0.15) is 5.26 Å². The number of nitrogens with one attached hydrogen (secondary N) is 1. The summed E-state index contributed by atoms with van der Waals surface area (Å²) in [7, 11) is 0. The molecule has 140 valence electrons. The van der Waals surface area contributed by atoms with Gasteiger partial charge in [-0.05, 0) is 53.8 Å². The van der Waals surface area contributed by atoms with Gasteiger partial charge in [0.2, 0.25) is 0 Å². The van der Waals surface area contributed by atoms with Crippen molar-refractivity contribution in [3.63, 3.8) is 0 Å². The number of benzene rings is 2. The van der Waals surface area contributed by atoms with Gasteiger partial charge < -0.3 is 15.2 Å². The number of hydrogen-bond acceptors (Lipinski definition) is 6. The third-order valence-corrected chi connectivity index (χ3v) is 4.83. The number of esters is 1. The van der Waals surface area contributed by atoms with E-state index in [0.29, 0.717) is 16.1 Å². The number of thiophene rings is 1. The van der Waals surface area contributed by atoms with Gasteiger partial charge >= 0.3 is 5.97 Å². The van der Waals surface area contributed by atoms with Crippen LogP contribution in [-0.4, -0.2) is 23.1 Å². The molecule has 3 aromatic rings. The lowest BCUT2D eigenvalue weighted by Gasteiger charge is -2.13. The fourth-order valence-corrected chi connectivity index (χ4v) is 3.18. The first-order valence-corrected chi connectivity index (χ1v) is 9.25. The van der Waals surface area contributed by atoms with Crippen LogP contribution in [0.3, 0.4) is 0 Å². The van der Waals surface area contributed by atoms with E-state index in [-0.39, 0.29) is 5.75 Å². The smallest absolute Gasteiger partial charge is 0.338 e. The lowest BCUT2D eigenvalue weighted by molar-refractivity contribution is -0.123. The van der Waals surface area contributed by atoms with Crippen LogP contribution in [0.2, 0.25) is 0 Å². The lowest BCUT2D eigenvalue weighted by atomic mass is 10.0. The third kappa shape index (κ3) is 4.37. The van der Waals surface area contributed by atoms with E-state index in [1.54, 1.807) is 60.0 Å². The van der Waals surface area contributed by atoms with Gasteiger partial charge in [-0.3, -0.25) is 4.79 Å². The second kappa shape index (κ2) is 8.37. The Bertz CT molecular complexity index is 1030. The van der Waals surface area contributed by atoms with Crippen molar-refractivity contribution < 1.29 is 19.4 Å². The molecule has 1 aromatic heterocycles. The van der Waals surface area contributed by atoms with E-state index in [0.717, 1.165) is 11.1 Å². The molecule has 2 aromatic carbocycles. The number of carbonyl (C=O) groups is 2. The molecule has 0 radical (unpaired) electrons. The molecule has 1 amide bonds. The number of rotatable bonds is 5. The van der Waals surface area contributed by atoms with Gasteiger partial charge in [0.1, 0.15) is 16.8 Å². The molecule has 0 unspecified atom stereocenters. The first kappa shape index (κ1) is 19.1. The van der Waals surface area contributed by atoms with Crippen molar-refractivity contribution in [1.82, 2.24) is 0 Å². The van der Waals surface area contributed by atoms with Gasteiger partial charge in [0.05, 0.1) is 11.1 Å². The third-order valence-electron chi connectivity index (χ3n) is 4.00. The number of carbonyl (C=O) groups excluding carboxylic acids is 2. The Labute approximate surface area is 165 Å². The summed E-state index contributed by atoms with van der Waals surface area (Å²) in [6.45, 7) is 1.47. The summed E-state index contributed by atoms with van der Waals surface area (Å²) in [5.41, 5.74) is 2.46. The van der Waals surface area contributed by atoms with Crippen LogP contribution in [0, 0.1) is 11.3 Å².